The first-order valence-corrected chi connectivity index (χ1v) is 10.3. The van der Waals surface area contributed by atoms with Gasteiger partial charge in [0.15, 0.2) is 0 Å². The minimum absolute atomic E-state index is 0.169. The summed E-state index contributed by atoms with van der Waals surface area (Å²) in [6.07, 6.45) is 0.488. The molecule has 1 aliphatic rings. The van der Waals surface area contributed by atoms with E-state index in [1.165, 1.54) is 19.2 Å². The van der Waals surface area contributed by atoms with Gasteiger partial charge in [0, 0.05) is 23.9 Å². The lowest BCUT2D eigenvalue weighted by atomic mass is 10.0. The van der Waals surface area contributed by atoms with Gasteiger partial charge in [-0.3, -0.25) is 9.78 Å². The number of alkyl halides is 3. The lowest BCUT2D eigenvalue weighted by molar-refractivity contribution is -0.274. The van der Waals surface area contributed by atoms with Crippen LogP contribution in [0.5, 0.6) is 11.5 Å². The van der Waals surface area contributed by atoms with Crippen LogP contribution in [-0.4, -0.2) is 34.5 Å². The van der Waals surface area contributed by atoms with Crippen LogP contribution in [0.2, 0.25) is 0 Å². The first-order valence-electron chi connectivity index (χ1n) is 10.3. The van der Waals surface area contributed by atoms with Crippen LogP contribution in [0.4, 0.5) is 13.2 Å². The van der Waals surface area contributed by atoms with Crippen LogP contribution >= 0.6 is 0 Å². The van der Waals surface area contributed by atoms with Gasteiger partial charge in [0.2, 0.25) is 0 Å². The molecule has 0 radical (unpaired) electrons. The van der Waals surface area contributed by atoms with E-state index in [0.29, 0.717) is 36.4 Å². The number of carbonyl (C=O) groups is 1. The maximum atomic E-state index is 12.3. The Bertz CT molecular complexity index is 1150. The van der Waals surface area contributed by atoms with Crippen molar-refractivity contribution in [2.75, 3.05) is 7.11 Å². The fourth-order valence-electron chi connectivity index (χ4n) is 3.74. The third-order valence-corrected chi connectivity index (χ3v) is 5.51. The molecule has 33 heavy (non-hydrogen) atoms. The lowest BCUT2D eigenvalue weighted by Gasteiger charge is -2.11. The van der Waals surface area contributed by atoms with E-state index in [4.69, 9.17) is 4.74 Å². The van der Waals surface area contributed by atoms with Gasteiger partial charge >= 0.3 is 12.3 Å². The number of aryl methyl sites for hydroxylation is 2. The molecular formula is C24H21F3N2O4. The van der Waals surface area contributed by atoms with Crippen molar-refractivity contribution in [1.82, 2.24) is 9.97 Å². The van der Waals surface area contributed by atoms with Crippen molar-refractivity contribution in [3.8, 4) is 22.8 Å². The van der Waals surface area contributed by atoms with E-state index in [2.05, 4.69) is 14.7 Å². The predicted molar refractivity (Wildman–Crippen MR) is 113 cm³/mol. The number of pyridine rings is 2. The van der Waals surface area contributed by atoms with Crippen molar-refractivity contribution >= 4 is 5.97 Å². The molecule has 1 aromatic carbocycles. The monoisotopic (exact) mass is 458 g/mol. The first-order chi connectivity index (χ1) is 15.7. The van der Waals surface area contributed by atoms with Crippen molar-refractivity contribution in [1.29, 1.82) is 0 Å². The molecule has 0 bridgehead atoms. The number of hydrogen-bond donors (Lipinski definition) is 1. The number of benzene rings is 1. The fraction of sp³-hybridized carbons (Fsp3) is 0.292. The van der Waals surface area contributed by atoms with Crippen LogP contribution < -0.4 is 9.47 Å². The number of methoxy groups -OCH3 is 1. The van der Waals surface area contributed by atoms with Gasteiger partial charge in [-0.1, -0.05) is 12.1 Å². The van der Waals surface area contributed by atoms with Crippen molar-refractivity contribution < 1.29 is 32.5 Å². The zero-order valence-corrected chi connectivity index (χ0v) is 17.7. The second-order valence-electron chi connectivity index (χ2n) is 7.84. The van der Waals surface area contributed by atoms with Crippen molar-refractivity contribution in [3.63, 3.8) is 0 Å². The zero-order valence-electron chi connectivity index (χ0n) is 17.7. The predicted octanol–water partition coefficient (Wildman–Crippen LogP) is 5.02. The van der Waals surface area contributed by atoms with E-state index in [9.17, 15) is 23.1 Å². The summed E-state index contributed by atoms with van der Waals surface area (Å²) >= 11 is 0. The number of aromatic nitrogens is 2. The highest BCUT2D eigenvalue weighted by Crippen LogP contribution is 2.50. The molecule has 2 heterocycles. The molecular weight excluding hydrogens is 437 g/mol. The number of aliphatic carboxylic acids is 1. The number of hydrogen-bond acceptors (Lipinski definition) is 5. The topological polar surface area (TPSA) is 81.5 Å². The minimum Gasteiger partial charge on any atom is -0.495 e. The summed E-state index contributed by atoms with van der Waals surface area (Å²) in [6, 6.07) is 11.3. The average molecular weight is 458 g/mol. The third-order valence-electron chi connectivity index (χ3n) is 5.51. The maximum absolute atomic E-state index is 12.3. The van der Waals surface area contributed by atoms with Crippen LogP contribution in [0.25, 0.3) is 11.3 Å². The number of rotatable bonds is 8. The second-order valence-corrected chi connectivity index (χ2v) is 7.84. The van der Waals surface area contributed by atoms with Gasteiger partial charge in [0.25, 0.3) is 0 Å². The molecule has 0 aliphatic heterocycles. The van der Waals surface area contributed by atoms with E-state index in [-0.39, 0.29) is 11.7 Å². The van der Waals surface area contributed by atoms with Crippen LogP contribution in [0.15, 0.2) is 54.9 Å². The Morgan fingerprint density at radius 1 is 1.09 bits per heavy atom. The Kier molecular flexibility index (Phi) is 6.22. The van der Waals surface area contributed by atoms with E-state index in [1.807, 2.05) is 6.07 Å². The fourth-order valence-corrected chi connectivity index (χ4v) is 3.74. The van der Waals surface area contributed by atoms with Gasteiger partial charge in [-0.2, -0.15) is 0 Å². The summed E-state index contributed by atoms with van der Waals surface area (Å²) in [5.74, 6) is -1.14. The summed E-state index contributed by atoms with van der Waals surface area (Å²) in [4.78, 5) is 20.2. The Balaban J connectivity index is 1.46. The van der Waals surface area contributed by atoms with Crippen LogP contribution in [0, 0.1) is 5.92 Å². The molecule has 9 heteroatoms. The van der Waals surface area contributed by atoms with E-state index in [0.717, 1.165) is 16.7 Å². The molecule has 4 rings (SSSR count). The van der Waals surface area contributed by atoms with Gasteiger partial charge in [-0.05, 0) is 60.7 Å². The average Bonchev–Trinajstić information content (AvgIpc) is 3.59. The van der Waals surface area contributed by atoms with Crippen LogP contribution in [0.1, 0.15) is 29.2 Å². The van der Waals surface area contributed by atoms with E-state index >= 15 is 0 Å². The Morgan fingerprint density at radius 2 is 1.82 bits per heavy atom. The van der Waals surface area contributed by atoms with Crippen LogP contribution in [-0.2, 0) is 17.6 Å². The van der Waals surface area contributed by atoms with E-state index in [1.54, 1.807) is 36.7 Å². The maximum Gasteiger partial charge on any atom is 0.573 e. The summed E-state index contributed by atoms with van der Waals surface area (Å²) in [7, 11) is 1.53. The molecule has 1 fully saturated rings. The van der Waals surface area contributed by atoms with Crippen molar-refractivity contribution in [3.05, 3.63) is 71.7 Å². The molecule has 2 aromatic heterocycles. The summed E-state index contributed by atoms with van der Waals surface area (Å²) < 4.78 is 46.1. The first kappa shape index (κ1) is 22.6. The van der Waals surface area contributed by atoms with E-state index < -0.39 is 18.2 Å². The summed E-state index contributed by atoms with van der Waals surface area (Å²) in [6.45, 7) is 0. The SMILES string of the molecule is COc1ccc(-c2cncc(CCc3ccc(OC(F)(F)F)cc3)c2)nc1[C@H]1C[C@@H]1C(=O)O. The standard InChI is InChI=1S/C24H21F3N2O4/c1-32-21-9-8-20(29-22(21)18-11-19(18)23(30)31)16-10-15(12-28-13-16)3-2-14-4-6-17(7-5-14)33-24(25,26)27/h4-10,12-13,18-19H,2-3,11H2,1H3,(H,30,31)/t18-,19-/m0/s1. The van der Waals surface area contributed by atoms with Gasteiger partial charge in [-0.15, -0.1) is 13.2 Å². The molecule has 1 aliphatic carbocycles. The number of carboxylic acid groups (broad SMARTS) is 1. The molecule has 0 amide bonds. The Hall–Kier alpha value is -3.62. The summed E-state index contributed by atoms with van der Waals surface area (Å²) in [5, 5.41) is 9.25. The highest BCUT2D eigenvalue weighted by molar-refractivity contribution is 5.75. The number of nitrogens with zero attached hydrogens (tertiary/aromatic N) is 2. The number of carboxylic acids is 1. The molecule has 3 aromatic rings. The van der Waals surface area contributed by atoms with Gasteiger partial charge < -0.3 is 14.6 Å². The van der Waals surface area contributed by atoms with Gasteiger partial charge in [0.05, 0.1) is 24.4 Å². The molecule has 1 N–H and O–H groups in total. The number of halogens is 3. The van der Waals surface area contributed by atoms with Crippen molar-refractivity contribution in [2.45, 2.75) is 31.5 Å². The Labute approximate surface area is 188 Å². The Morgan fingerprint density at radius 3 is 2.45 bits per heavy atom. The normalized spacial score (nSPS) is 17.5. The lowest BCUT2D eigenvalue weighted by Crippen LogP contribution is -2.17. The molecule has 0 unspecified atom stereocenters. The van der Waals surface area contributed by atoms with Gasteiger partial charge in [-0.25, -0.2) is 4.98 Å². The quantitative estimate of drug-likeness (QED) is 0.510. The molecule has 1 saturated carbocycles. The molecule has 172 valence electrons. The largest absolute Gasteiger partial charge is 0.573 e. The smallest absolute Gasteiger partial charge is 0.495 e. The number of ether oxygens (including phenoxy) is 2. The second kappa shape index (κ2) is 9.09. The molecule has 6 nitrogen and oxygen atoms in total. The molecule has 0 spiro atoms. The molecule has 2 atom stereocenters. The zero-order chi connectivity index (χ0) is 23.6. The molecule has 0 saturated heterocycles. The highest BCUT2D eigenvalue weighted by atomic mass is 19.4. The highest BCUT2D eigenvalue weighted by Gasteiger charge is 2.46. The van der Waals surface area contributed by atoms with Crippen LogP contribution in [0.3, 0.4) is 0 Å². The van der Waals surface area contributed by atoms with Gasteiger partial charge in [0.1, 0.15) is 11.5 Å². The third kappa shape index (κ3) is 5.60. The van der Waals surface area contributed by atoms with Crippen molar-refractivity contribution in [2.24, 2.45) is 5.92 Å². The minimum atomic E-state index is -4.71. The summed E-state index contributed by atoms with van der Waals surface area (Å²) in [5.41, 5.74) is 3.90.